The molecule has 4 aromatic rings. The molecule has 1 heterocycles. The van der Waals surface area contributed by atoms with Gasteiger partial charge in [0, 0.05) is 16.1 Å². The van der Waals surface area contributed by atoms with Crippen LogP contribution in [-0.2, 0) is 22.8 Å². The van der Waals surface area contributed by atoms with E-state index in [0.717, 1.165) is 10.5 Å². The van der Waals surface area contributed by atoms with Gasteiger partial charge in [0.25, 0.3) is 11.8 Å². The summed E-state index contributed by atoms with van der Waals surface area (Å²) < 4.78 is 31.8. The van der Waals surface area contributed by atoms with Gasteiger partial charge in [0.15, 0.2) is 11.5 Å². The van der Waals surface area contributed by atoms with E-state index in [0.29, 0.717) is 37.0 Å². The van der Waals surface area contributed by atoms with Crippen molar-refractivity contribution in [3.8, 4) is 17.2 Å². The molecule has 8 nitrogen and oxygen atoms in total. The average Bonchev–Trinajstić information content (AvgIpc) is 2.99. The van der Waals surface area contributed by atoms with E-state index in [-0.39, 0.29) is 24.5 Å². The summed E-state index contributed by atoms with van der Waals surface area (Å²) in [7, 11) is 1.44. The second-order valence-corrected chi connectivity index (χ2v) is 10.8. The zero-order chi connectivity index (χ0) is 30.5. The lowest BCUT2D eigenvalue weighted by Gasteiger charge is -2.26. The Labute approximate surface area is 265 Å². The highest BCUT2D eigenvalue weighted by Gasteiger charge is 2.37. The molecule has 11 heteroatoms. The van der Waals surface area contributed by atoms with E-state index in [2.05, 4.69) is 5.32 Å². The van der Waals surface area contributed by atoms with Gasteiger partial charge in [-0.25, -0.2) is 14.1 Å². The van der Waals surface area contributed by atoms with Crippen LogP contribution in [0.2, 0.25) is 5.02 Å². The molecule has 0 atom stereocenters. The summed E-state index contributed by atoms with van der Waals surface area (Å²) >= 11 is 8.21. The van der Waals surface area contributed by atoms with Crippen molar-refractivity contribution >= 4 is 63.8 Å². The van der Waals surface area contributed by atoms with Crippen LogP contribution in [0.3, 0.4) is 0 Å². The zero-order valence-corrected chi connectivity index (χ0v) is 25.5. The number of rotatable bonds is 9. The maximum Gasteiger partial charge on any atom is 0.335 e. The molecule has 0 aromatic heterocycles. The molecule has 1 saturated heterocycles. The van der Waals surface area contributed by atoms with Crippen LogP contribution in [0.5, 0.6) is 17.2 Å². The first kappa shape index (κ1) is 30.1. The van der Waals surface area contributed by atoms with E-state index in [1.807, 2.05) is 40.8 Å². The van der Waals surface area contributed by atoms with Gasteiger partial charge in [-0.15, -0.1) is 0 Å². The summed E-state index contributed by atoms with van der Waals surface area (Å²) in [5.41, 5.74) is 1.63. The summed E-state index contributed by atoms with van der Waals surface area (Å²) in [4.78, 5) is 39.7. The number of nitrogens with zero attached hydrogens (tertiary/aromatic N) is 1. The standard InChI is InChI=1S/C32H23ClFIN2O6/c1-41-28-16-19(15-27(35)29(28)43-18-21-7-3-5-9-26(21)34)14-24-30(38)36-32(40)37(31(24)39)22-10-12-23(13-11-22)42-17-20-6-2-4-8-25(20)33/h2-16H,17-18H2,1H3,(H,36,38,40)/b24-14+. The van der Waals surface area contributed by atoms with Crippen LogP contribution in [0, 0.1) is 9.39 Å². The third-order valence-electron chi connectivity index (χ3n) is 6.44. The number of ether oxygens (including phenoxy) is 3. The lowest BCUT2D eigenvalue weighted by molar-refractivity contribution is -0.122. The number of halogens is 3. The third kappa shape index (κ3) is 6.81. The largest absolute Gasteiger partial charge is 0.493 e. The van der Waals surface area contributed by atoms with E-state index in [1.165, 1.54) is 19.3 Å². The maximum atomic E-state index is 14.1. The summed E-state index contributed by atoms with van der Waals surface area (Å²) in [5.74, 6) is -0.829. The molecule has 1 N–H and O–H groups in total. The number of urea groups is 1. The van der Waals surface area contributed by atoms with E-state index >= 15 is 0 Å². The molecule has 43 heavy (non-hydrogen) atoms. The Hall–Kier alpha value is -4.42. The van der Waals surface area contributed by atoms with Crippen molar-refractivity contribution in [3.05, 3.63) is 122 Å². The van der Waals surface area contributed by atoms with Crippen molar-refractivity contribution in [2.24, 2.45) is 0 Å². The molecule has 218 valence electrons. The summed E-state index contributed by atoms with van der Waals surface area (Å²) in [6.07, 6.45) is 1.36. The summed E-state index contributed by atoms with van der Waals surface area (Å²) in [5, 5.41) is 2.79. The molecular weight excluding hydrogens is 690 g/mol. The molecule has 0 spiro atoms. The predicted molar refractivity (Wildman–Crippen MR) is 168 cm³/mol. The fraction of sp³-hybridized carbons (Fsp3) is 0.0938. The number of anilines is 1. The molecule has 4 aromatic carbocycles. The molecule has 1 fully saturated rings. The van der Waals surface area contributed by atoms with Gasteiger partial charge in [0.05, 0.1) is 16.4 Å². The second kappa shape index (κ2) is 13.3. The zero-order valence-electron chi connectivity index (χ0n) is 22.6. The smallest absolute Gasteiger partial charge is 0.335 e. The number of carbonyl (C=O) groups is 3. The Balaban J connectivity index is 1.35. The van der Waals surface area contributed by atoms with Crippen molar-refractivity contribution in [1.82, 2.24) is 5.32 Å². The Kier molecular flexibility index (Phi) is 9.27. The second-order valence-electron chi connectivity index (χ2n) is 9.25. The third-order valence-corrected chi connectivity index (χ3v) is 7.61. The monoisotopic (exact) mass is 712 g/mol. The number of imide groups is 2. The van der Waals surface area contributed by atoms with Crippen LogP contribution in [0.25, 0.3) is 6.08 Å². The number of carbonyl (C=O) groups excluding carboxylic acids is 3. The van der Waals surface area contributed by atoms with Crippen molar-refractivity contribution in [2.75, 3.05) is 12.0 Å². The lowest BCUT2D eigenvalue weighted by atomic mass is 10.1. The minimum atomic E-state index is -0.874. The van der Waals surface area contributed by atoms with E-state index in [9.17, 15) is 18.8 Å². The highest BCUT2D eigenvalue weighted by atomic mass is 127. The van der Waals surface area contributed by atoms with Crippen molar-refractivity contribution in [1.29, 1.82) is 0 Å². The van der Waals surface area contributed by atoms with E-state index < -0.39 is 23.7 Å². The number of barbiturate groups is 1. The Morgan fingerprint density at radius 2 is 1.58 bits per heavy atom. The molecule has 4 amide bonds. The van der Waals surface area contributed by atoms with Crippen LogP contribution in [0.4, 0.5) is 14.9 Å². The highest BCUT2D eigenvalue weighted by Crippen LogP contribution is 2.36. The van der Waals surface area contributed by atoms with Crippen molar-refractivity contribution in [3.63, 3.8) is 0 Å². The normalized spacial score (nSPS) is 14.1. The SMILES string of the molecule is COc1cc(/C=C2\C(=O)NC(=O)N(c3ccc(OCc4ccccc4Cl)cc3)C2=O)cc(I)c1OCc1ccccc1F. The average molecular weight is 713 g/mol. The topological polar surface area (TPSA) is 94.2 Å². The number of benzene rings is 4. The summed E-state index contributed by atoms with van der Waals surface area (Å²) in [6, 6.07) is 22.3. The quantitative estimate of drug-likeness (QED) is 0.115. The van der Waals surface area contributed by atoms with Gasteiger partial charge in [-0.05, 0) is 82.8 Å². The van der Waals surface area contributed by atoms with Gasteiger partial charge in [0.1, 0.15) is 30.4 Å². The van der Waals surface area contributed by atoms with E-state index in [4.69, 9.17) is 25.8 Å². The van der Waals surface area contributed by atoms with E-state index in [1.54, 1.807) is 60.7 Å². The predicted octanol–water partition coefficient (Wildman–Crippen LogP) is 6.92. The number of amides is 4. The first-order valence-electron chi connectivity index (χ1n) is 12.9. The molecule has 0 saturated carbocycles. The minimum Gasteiger partial charge on any atom is -0.493 e. The molecule has 0 unspecified atom stereocenters. The lowest BCUT2D eigenvalue weighted by Crippen LogP contribution is -2.54. The van der Waals surface area contributed by atoms with Crippen LogP contribution < -0.4 is 24.4 Å². The molecule has 0 radical (unpaired) electrons. The first-order chi connectivity index (χ1) is 20.7. The molecule has 0 bridgehead atoms. The van der Waals surface area contributed by atoms with Crippen LogP contribution in [0.1, 0.15) is 16.7 Å². The number of hydrogen-bond donors (Lipinski definition) is 1. The molecular formula is C32H23ClFIN2O6. The Morgan fingerprint density at radius 1 is 0.907 bits per heavy atom. The minimum absolute atomic E-state index is 0.0265. The number of methoxy groups -OCH3 is 1. The van der Waals surface area contributed by atoms with Crippen LogP contribution in [0.15, 0.2) is 90.5 Å². The molecule has 5 rings (SSSR count). The van der Waals surface area contributed by atoms with Crippen LogP contribution >= 0.6 is 34.2 Å². The van der Waals surface area contributed by atoms with Gasteiger partial charge >= 0.3 is 6.03 Å². The highest BCUT2D eigenvalue weighted by molar-refractivity contribution is 14.1. The van der Waals surface area contributed by atoms with Gasteiger partial charge in [-0.2, -0.15) is 0 Å². The molecule has 0 aliphatic carbocycles. The fourth-order valence-corrected chi connectivity index (χ4v) is 5.23. The van der Waals surface area contributed by atoms with Gasteiger partial charge in [-0.3, -0.25) is 14.9 Å². The fourth-order valence-electron chi connectivity index (χ4n) is 4.26. The van der Waals surface area contributed by atoms with Gasteiger partial charge in [-0.1, -0.05) is 48.0 Å². The maximum absolute atomic E-state index is 14.1. The van der Waals surface area contributed by atoms with Gasteiger partial charge in [0.2, 0.25) is 0 Å². The van der Waals surface area contributed by atoms with Crippen molar-refractivity contribution in [2.45, 2.75) is 13.2 Å². The van der Waals surface area contributed by atoms with Crippen molar-refractivity contribution < 1.29 is 33.0 Å². The summed E-state index contributed by atoms with van der Waals surface area (Å²) in [6.45, 7) is 0.208. The first-order valence-corrected chi connectivity index (χ1v) is 14.3. The molecule has 1 aliphatic heterocycles. The Bertz CT molecular complexity index is 1740. The van der Waals surface area contributed by atoms with Gasteiger partial charge < -0.3 is 14.2 Å². The number of nitrogens with one attached hydrogen (secondary N) is 1. The van der Waals surface area contributed by atoms with Crippen LogP contribution in [-0.4, -0.2) is 25.0 Å². The molecule has 1 aliphatic rings. The Morgan fingerprint density at radius 3 is 2.28 bits per heavy atom. The number of hydrogen-bond acceptors (Lipinski definition) is 6.